The Morgan fingerprint density at radius 3 is 2.80 bits per heavy atom. The summed E-state index contributed by atoms with van der Waals surface area (Å²) < 4.78 is 1.98. The topological polar surface area (TPSA) is 43.8 Å². The van der Waals surface area contributed by atoms with E-state index in [9.17, 15) is 0 Å². The number of aryl methyl sites for hydroxylation is 1. The third-order valence-electron chi connectivity index (χ3n) is 2.60. The van der Waals surface area contributed by atoms with Crippen molar-refractivity contribution in [3.63, 3.8) is 0 Å². The molecule has 0 saturated carbocycles. The van der Waals surface area contributed by atoms with Crippen LogP contribution in [0.5, 0.6) is 0 Å². The first kappa shape index (κ1) is 9.77. The number of anilines is 1. The van der Waals surface area contributed by atoms with E-state index >= 15 is 0 Å². The zero-order chi connectivity index (χ0) is 10.8. The van der Waals surface area contributed by atoms with Gasteiger partial charge >= 0.3 is 0 Å². The van der Waals surface area contributed by atoms with Gasteiger partial charge < -0.3 is 5.73 Å². The number of nitrogen functional groups attached to an aromatic ring is 1. The molecule has 0 radical (unpaired) electrons. The quantitative estimate of drug-likeness (QED) is 0.758. The van der Waals surface area contributed by atoms with Crippen LogP contribution >= 0.6 is 0 Å². The summed E-state index contributed by atoms with van der Waals surface area (Å²) in [7, 11) is 0. The predicted molar refractivity (Wildman–Crippen MR) is 62.5 cm³/mol. The number of hydrogen-bond donors (Lipinski definition) is 1. The maximum absolute atomic E-state index is 5.76. The lowest BCUT2D eigenvalue weighted by molar-refractivity contribution is 0.640. The van der Waals surface area contributed by atoms with Crippen molar-refractivity contribution < 1.29 is 0 Å². The van der Waals surface area contributed by atoms with Crippen molar-refractivity contribution in [1.82, 2.24) is 9.78 Å². The second-order valence-corrected chi connectivity index (χ2v) is 3.58. The molecule has 0 atom stereocenters. The van der Waals surface area contributed by atoms with Crippen molar-refractivity contribution in [1.29, 1.82) is 0 Å². The summed E-state index contributed by atoms with van der Waals surface area (Å²) in [5.74, 6) is 0. The number of nitrogens with zero attached hydrogens (tertiary/aromatic N) is 2. The lowest BCUT2D eigenvalue weighted by atomic mass is 10.1. The molecule has 1 aromatic carbocycles. The predicted octanol–water partition coefficient (Wildman–Crippen LogP) is 2.46. The van der Waals surface area contributed by atoms with Crippen molar-refractivity contribution in [2.45, 2.75) is 20.4 Å². The molecule has 3 heteroatoms. The molecule has 0 spiro atoms. The van der Waals surface area contributed by atoms with E-state index in [0.717, 1.165) is 23.4 Å². The van der Waals surface area contributed by atoms with Crippen molar-refractivity contribution in [3.05, 3.63) is 36.2 Å². The van der Waals surface area contributed by atoms with Crippen molar-refractivity contribution >= 4 is 5.69 Å². The molecule has 1 aromatic heterocycles. The molecule has 78 valence electrons. The molecule has 15 heavy (non-hydrogen) atoms. The standard InChI is InChI=1S/C12H15N3/c1-3-15-9(2)12(8-14-15)10-5-4-6-11(13)7-10/h4-8H,3,13H2,1-2H3. The summed E-state index contributed by atoms with van der Waals surface area (Å²) in [5, 5.41) is 4.32. The lowest BCUT2D eigenvalue weighted by Crippen LogP contribution is -1.98. The highest BCUT2D eigenvalue weighted by atomic mass is 15.3. The van der Waals surface area contributed by atoms with Crippen LogP contribution < -0.4 is 5.73 Å². The third kappa shape index (κ3) is 1.73. The fraction of sp³-hybridized carbons (Fsp3) is 0.250. The molecule has 2 rings (SSSR count). The highest BCUT2D eigenvalue weighted by molar-refractivity contribution is 5.68. The monoisotopic (exact) mass is 201 g/mol. The van der Waals surface area contributed by atoms with E-state index in [2.05, 4.69) is 25.0 Å². The fourth-order valence-corrected chi connectivity index (χ4v) is 1.75. The molecule has 0 fully saturated rings. The van der Waals surface area contributed by atoms with Crippen LogP contribution in [0.4, 0.5) is 5.69 Å². The number of aromatic nitrogens is 2. The van der Waals surface area contributed by atoms with Gasteiger partial charge in [-0.25, -0.2) is 0 Å². The summed E-state index contributed by atoms with van der Waals surface area (Å²) in [4.78, 5) is 0. The Hall–Kier alpha value is -1.77. The third-order valence-corrected chi connectivity index (χ3v) is 2.60. The Bertz CT molecular complexity index is 471. The van der Waals surface area contributed by atoms with Crippen molar-refractivity contribution in [2.24, 2.45) is 0 Å². The molecule has 0 aliphatic carbocycles. The lowest BCUT2D eigenvalue weighted by Gasteiger charge is -2.03. The number of hydrogen-bond acceptors (Lipinski definition) is 2. The summed E-state index contributed by atoms with van der Waals surface area (Å²) in [6.07, 6.45) is 1.90. The van der Waals surface area contributed by atoms with Gasteiger partial charge in [0.2, 0.25) is 0 Å². The van der Waals surface area contributed by atoms with E-state index in [0.29, 0.717) is 0 Å². The fourth-order valence-electron chi connectivity index (χ4n) is 1.75. The second-order valence-electron chi connectivity index (χ2n) is 3.58. The molecule has 0 unspecified atom stereocenters. The minimum atomic E-state index is 0.788. The average molecular weight is 201 g/mol. The van der Waals surface area contributed by atoms with Crippen LogP contribution in [0.1, 0.15) is 12.6 Å². The Kier molecular flexibility index (Phi) is 2.46. The highest BCUT2D eigenvalue weighted by Gasteiger charge is 2.06. The van der Waals surface area contributed by atoms with Crippen LogP contribution in [0, 0.1) is 6.92 Å². The van der Waals surface area contributed by atoms with Gasteiger partial charge in [-0.1, -0.05) is 12.1 Å². The van der Waals surface area contributed by atoms with Crippen LogP contribution in [0.3, 0.4) is 0 Å². The Morgan fingerprint density at radius 2 is 2.20 bits per heavy atom. The van der Waals surface area contributed by atoms with Gasteiger partial charge in [0.25, 0.3) is 0 Å². The van der Waals surface area contributed by atoms with Crippen molar-refractivity contribution in [3.8, 4) is 11.1 Å². The smallest absolute Gasteiger partial charge is 0.0571 e. The number of rotatable bonds is 2. The maximum Gasteiger partial charge on any atom is 0.0571 e. The molecule has 0 bridgehead atoms. The van der Waals surface area contributed by atoms with Crippen LogP contribution in [-0.2, 0) is 6.54 Å². The SMILES string of the molecule is CCn1ncc(-c2cccc(N)c2)c1C. The first-order valence-corrected chi connectivity index (χ1v) is 5.10. The maximum atomic E-state index is 5.76. The molecule has 0 amide bonds. The highest BCUT2D eigenvalue weighted by Crippen LogP contribution is 2.24. The number of benzene rings is 1. The molecule has 2 N–H and O–H groups in total. The minimum Gasteiger partial charge on any atom is -0.399 e. The van der Waals surface area contributed by atoms with E-state index in [1.807, 2.05) is 29.1 Å². The average Bonchev–Trinajstić information content (AvgIpc) is 2.59. The number of nitrogens with two attached hydrogens (primary N) is 1. The van der Waals surface area contributed by atoms with Crippen LogP contribution in [0.15, 0.2) is 30.5 Å². The molecule has 3 nitrogen and oxygen atoms in total. The first-order valence-electron chi connectivity index (χ1n) is 5.10. The van der Waals surface area contributed by atoms with Gasteiger partial charge in [-0.15, -0.1) is 0 Å². The largest absolute Gasteiger partial charge is 0.399 e. The van der Waals surface area contributed by atoms with Crippen LogP contribution in [0.25, 0.3) is 11.1 Å². The molecule has 0 aliphatic heterocycles. The van der Waals surface area contributed by atoms with E-state index in [4.69, 9.17) is 5.73 Å². The van der Waals surface area contributed by atoms with E-state index in [1.54, 1.807) is 0 Å². The minimum absolute atomic E-state index is 0.788. The van der Waals surface area contributed by atoms with Gasteiger partial charge in [0.05, 0.1) is 6.20 Å². The summed E-state index contributed by atoms with van der Waals surface area (Å²) in [5.41, 5.74) is 10.0. The zero-order valence-corrected chi connectivity index (χ0v) is 9.07. The van der Waals surface area contributed by atoms with Gasteiger partial charge in [0.1, 0.15) is 0 Å². The molecule has 0 saturated heterocycles. The Morgan fingerprint density at radius 1 is 1.40 bits per heavy atom. The van der Waals surface area contributed by atoms with E-state index in [1.165, 1.54) is 5.69 Å². The summed E-state index contributed by atoms with van der Waals surface area (Å²) in [6.45, 7) is 5.06. The van der Waals surface area contributed by atoms with E-state index < -0.39 is 0 Å². The van der Waals surface area contributed by atoms with Gasteiger partial charge in [0.15, 0.2) is 0 Å². The van der Waals surface area contributed by atoms with Gasteiger partial charge in [0, 0.05) is 23.5 Å². The second kappa shape index (κ2) is 3.77. The van der Waals surface area contributed by atoms with Crippen molar-refractivity contribution in [2.75, 3.05) is 5.73 Å². The Labute approximate surface area is 89.5 Å². The first-order chi connectivity index (χ1) is 7.22. The molecule has 2 aromatic rings. The Balaban J connectivity index is 2.49. The van der Waals surface area contributed by atoms with Crippen LogP contribution in [0.2, 0.25) is 0 Å². The molecular weight excluding hydrogens is 186 g/mol. The van der Waals surface area contributed by atoms with Gasteiger partial charge in [-0.05, 0) is 31.5 Å². The molecule has 0 aliphatic rings. The molecule has 1 heterocycles. The van der Waals surface area contributed by atoms with Gasteiger partial charge in [-0.3, -0.25) is 4.68 Å². The normalized spacial score (nSPS) is 10.5. The zero-order valence-electron chi connectivity index (χ0n) is 9.07. The summed E-state index contributed by atoms with van der Waals surface area (Å²) >= 11 is 0. The van der Waals surface area contributed by atoms with Gasteiger partial charge in [-0.2, -0.15) is 5.10 Å². The van der Waals surface area contributed by atoms with Crippen LogP contribution in [-0.4, -0.2) is 9.78 Å². The molecular formula is C12H15N3. The van der Waals surface area contributed by atoms with E-state index in [-0.39, 0.29) is 0 Å². The summed E-state index contributed by atoms with van der Waals surface area (Å²) in [6, 6.07) is 7.89.